The molecule has 5 heteroatoms. The van der Waals surface area contributed by atoms with Crippen molar-refractivity contribution < 1.29 is 14.3 Å². The van der Waals surface area contributed by atoms with Gasteiger partial charge in [-0.3, -0.25) is 4.79 Å². The van der Waals surface area contributed by atoms with Crippen LogP contribution >= 0.6 is 15.9 Å². The molecule has 0 unspecified atom stereocenters. The van der Waals surface area contributed by atoms with Crippen molar-refractivity contribution in [1.29, 1.82) is 0 Å². The number of aliphatic hydroxyl groups excluding tert-OH is 1. The summed E-state index contributed by atoms with van der Waals surface area (Å²) < 4.78 is 13.5. The molecule has 0 radical (unpaired) electrons. The van der Waals surface area contributed by atoms with E-state index < -0.39 is 5.82 Å². The number of halogens is 2. The highest BCUT2D eigenvalue weighted by atomic mass is 79.9. The average molecular weight is 304 g/mol. The zero-order valence-electron chi connectivity index (χ0n) is 9.62. The van der Waals surface area contributed by atoms with Crippen LogP contribution in [0.5, 0.6) is 0 Å². The minimum atomic E-state index is -0.450. The van der Waals surface area contributed by atoms with Gasteiger partial charge in [-0.15, -0.1) is 0 Å². The number of amides is 1. The minimum absolute atomic E-state index is 0.0358. The molecule has 0 bridgehead atoms. The minimum Gasteiger partial charge on any atom is -0.396 e. The second-order valence-electron chi connectivity index (χ2n) is 3.56. The van der Waals surface area contributed by atoms with E-state index in [9.17, 15) is 9.18 Å². The third kappa shape index (κ3) is 3.51. The maximum Gasteiger partial charge on any atom is 0.255 e. The van der Waals surface area contributed by atoms with Crippen LogP contribution in [-0.2, 0) is 0 Å². The topological polar surface area (TPSA) is 40.5 Å². The van der Waals surface area contributed by atoms with E-state index in [1.165, 1.54) is 12.1 Å². The molecule has 0 aromatic heterocycles. The van der Waals surface area contributed by atoms with E-state index in [0.29, 0.717) is 25.1 Å². The number of nitrogens with zero attached hydrogens (tertiary/aromatic N) is 1. The predicted molar refractivity (Wildman–Crippen MR) is 67.4 cm³/mol. The Balaban J connectivity index is 2.90. The van der Waals surface area contributed by atoms with E-state index in [2.05, 4.69) is 15.9 Å². The zero-order valence-corrected chi connectivity index (χ0v) is 11.2. The second-order valence-corrected chi connectivity index (χ2v) is 4.36. The largest absolute Gasteiger partial charge is 0.396 e. The zero-order chi connectivity index (χ0) is 12.8. The van der Waals surface area contributed by atoms with Gasteiger partial charge in [0.2, 0.25) is 0 Å². The van der Waals surface area contributed by atoms with Crippen LogP contribution in [0.15, 0.2) is 22.7 Å². The lowest BCUT2D eigenvalue weighted by molar-refractivity contribution is 0.0752. The molecule has 0 atom stereocenters. The molecule has 1 aromatic carbocycles. The van der Waals surface area contributed by atoms with Crippen molar-refractivity contribution in [3.05, 3.63) is 34.1 Å². The molecule has 1 rings (SSSR count). The molecule has 1 aromatic rings. The predicted octanol–water partition coefficient (Wildman–Crippen LogP) is 2.43. The highest BCUT2D eigenvalue weighted by Crippen LogP contribution is 2.21. The van der Waals surface area contributed by atoms with E-state index in [4.69, 9.17) is 5.11 Å². The first-order valence-electron chi connectivity index (χ1n) is 5.46. The number of hydrogen-bond donors (Lipinski definition) is 1. The van der Waals surface area contributed by atoms with Gasteiger partial charge in [-0.25, -0.2) is 4.39 Å². The molecule has 0 aliphatic heterocycles. The summed E-state index contributed by atoms with van der Waals surface area (Å²) in [4.78, 5) is 13.7. The van der Waals surface area contributed by atoms with Gasteiger partial charge in [-0.2, -0.15) is 0 Å². The van der Waals surface area contributed by atoms with Crippen molar-refractivity contribution in [1.82, 2.24) is 4.90 Å². The lowest BCUT2D eigenvalue weighted by Crippen LogP contribution is -2.32. The van der Waals surface area contributed by atoms with Gasteiger partial charge in [0.15, 0.2) is 0 Å². The number of benzene rings is 1. The van der Waals surface area contributed by atoms with Gasteiger partial charge < -0.3 is 10.0 Å². The average Bonchev–Trinajstić information content (AvgIpc) is 2.33. The van der Waals surface area contributed by atoms with E-state index in [-0.39, 0.29) is 17.0 Å². The summed E-state index contributed by atoms with van der Waals surface area (Å²) in [6, 6.07) is 4.38. The molecule has 0 spiro atoms. The Morgan fingerprint density at radius 2 is 2.24 bits per heavy atom. The maximum absolute atomic E-state index is 13.3. The van der Waals surface area contributed by atoms with Crippen LogP contribution < -0.4 is 0 Å². The van der Waals surface area contributed by atoms with E-state index in [1.54, 1.807) is 11.0 Å². The molecule has 0 saturated heterocycles. The normalized spacial score (nSPS) is 10.4. The van der Waals surface area contributed by atoms with Crippen LogP contribution in [0.25, 0.3) is 0 Å². The Hall–Kier alpha value is -0.940. The highest BCUT2D eigenvalue weighted by Gasteiger charge is 2.18. The van der Waals surface area contributed by atoms with Gasteiger partial charge in [-0.05, 0) is 41.4 Å². The molecular weight excluding hydrogens is 289 g/mol. The Kier molecular flexibility index (Phi) is 5.58. The van der Waals surface area contributed by atoms with Gasteiger partial charge in [0.05, 0.1) is 10.0 Å². The summed E-state index contributed by atoms with van der Waals surface area (Å²) in [5.41, 5.74) is 0.310. The Morgan fingerprint density at radius 1 is 1.53 bits per heavy atom. The summed E-state index contributed by atoms with van der Waals surface area (Å²) in [5, 5.41) is 8.75. The van der Waals surface area contributed by atoms with E-state index in [0.717, 1.165) is 0 Å². The Bertz CT molecular complexity index is 398. The van der Waals surface area contributed by atoms with Crippen LogP contribution in [0.1, 0.15) is 23.7 Å². The van der Waals surface area contributed by atoms with Crippen molar-refractivity contribution in [3.8, 4) is 0 Å². The third-order valence-corrected chi connectivity index (χ3v) is 3.24. The molecule has 1 amide bonds. The van der Waals surface area contributed by atoms with E-state index >= 15 is 0 Å². The number of hydrogen-bond acceptors (Lipinski definition) is 2. The standard InChI is InChI=1S/C12H15BrFNO2/c1-2-15(7-4-8-16)12(17)9-5-3-6-10(14)11(9)13/h3,5-6,16H,2,4,7-8H2,1H3. The first-order valence-corrected chi connectivity index (χ1v) is 6.25. The molecule has 0 fully saturated rings. The van der Waals surface area contributed by atoms with Gasteiger partial charge in [0.1, 0.15) is 5.82 Å². The van der Waals surface area contributed by atoms with E-state index in [1.807, 2.05) is 6.92 Å². The molecule has 0 saturated carbocycles. The van der Waals surface area contributed by atoms with Gasteiger partial charge in [0, 0.05) is 19.7 Å². The Labute approximate surface area is 108 Å². The summed E-state index contributed by atoms with van der Waals surface area (Å²) in [7, 11) is 0. The molecule has 0 aliphatic carbocycles. The van der Waals surface area contributed by atoms with Gasteiger partial charge >= 0.3 is 0 Å². The first-order chi connectivity index (χ1) is 8.11. The second kappa shape index (κ2) is 6.71. The van der Waals surface area contributed by atoms with Crippen LogP contribution in [0.4, 0.5) is 4.39 Å². The van der Waals surface area contributed by atoms with Crippen molar-refractivity contribution in [2.45, 2.75) is 13.3 Å². The van der Waals surface area contributed by atoms with Crippen molar-refractivity contribution in [3.63, 3.8) is 0 Å². The van der Waals surface area contributed by atoms with Crippen LogP contribution in [0.3, 0.4) is 0 Å². The summed E-state index contributed by atoms with van der Waals surface area (Å²) in [6.07, 6.45) is 0.520. The third-order valence-electron chi connectivity index (χ3n) is 2.44. The molecule has 3 nitrogen and oxygen atoms in total. The van der Waals surface area contributed by atoms with Gasteiger partial charge in [-0.1, -0.05) is 6.07 Å². The molecular formula is C12H15BrFNO2. The van der Waals surface area contributed by atoms with Crippen molar-refractivity contribution >= 4 is 21.8 Å². The molecule has 0 aliphatic rings. The summed E-state index contributed by atoms with van der Waals surface area (Å²) >= 11 is 3.07. The SMILES string of the molecule is CCN(CCCO)C(=O)c1cccc(F)c1Br. The smallest absolute Gasteiger partial charge is 0.255 e. The number of rotatable bonds is 5. The monoisotopic (exact) mass is 303 g/mol. The quantitative estimate of drug-likeness (QED) is 0.907. The molecule has 94 valence electrons. The fourth-order valence-electron chi connectivity index (χ4n) is 1.50. The lowest BCUT2D eigenvalue weighted by Gasteiger charge is -2.21. The number of carbonyl (C=O) groups is 1. The first kappa shape index (κ1) is 14.1. The fourth-order valence-corrected chi connectivity index (χ4v) is 1.94. The summed E-state index contributed by atoms with van der Waals surface area (Å²) in [6.45, 7) is 2.88. The maximum atomic E-state index is 13.3. The fraction of sp³-hybridized carbons (Fsp3) is 0.417. The summed E-state index contributed by atoms with van der Waals surface area (Å²) in [5.74, 6) is -0.679. The molecule has 1 N–H and O–H groups in total. The molecule has 0 heterocycles. The lowest BCUT2D eigenvalue weighted by atomic mass is 10.2. The van der Waals surface area contributed by atoms with Crippen molar-refractivity contribution in [2.75, 3.05) is 19.7 Å². The Morgan fingerprint density at radius 3 is 2.82 bits per heavy atom. The number of carbonyl (C=O) groups excluding carboxylic acids is 1. The van der Waals surface area contributed by atoms with Crippen LogP contribution in [0.2, 0.25) is 0 Å². The number of aliphatic hydroxyl groups is 1. The van der Waals surface area contributed by atoms with Crippen LogP contribution in [0, 0.1) is 5.82 Å². The van der Waals surface area contributed by atoms with Crippen LogP contribution in [-0.4, -0.2) is 35.6 Å². The van der Waals surface area contributed by atoms with Gasteiger partial charge in [0.25, 0.3) is 5.91 Å². The molecule has 17 heavy (non-hydrogen) atoms. The van der Waals surface area contributed by atoms with Crippen molar-refractivity contribution in [2.24, 2.45) is 0 Å². The highest BCUT2D eigenvalue weighted by molar-refractivity contribution is 9.10.